The Hall–Kier alpha value is -2.33. The average molecular weight is 324 g/mol. The minimum Gasteiger partial charge on any atom is -0.493 e. The largest absolute Gasteiger partial charge is 0.493 e. The number of ether oxygens (including phenoxy) is 1. The second-order valence-corrected chi connectivity index (χ2v) is 6.08. The maximum atomic E-state index is 12.5. The highest BCUT2D eigenvalue weighted by molar-refractivity contribution is 5.78. The fourth-order valence-corrected chi connectivity index (χ4v) is 3.06. The van der Waals surface area contributed by atoms with Crippen LogP contribution in [0.4, 0.5) is 0 Å². The van der Waals surface area contributed by atoms with Crippen molar-refractivity contribution in [1.29, 1.82) is 0 Å². The Labute approximate surface area is 143 Å². The molecule has 0 fully saturated rings. The molecule has 0 aromatic heterocycles. The topological polar surface area (TPSA) is 41.6 Å². The van der Waals surface area contributed by atoms with Crippen molar-refractivity contribution in [1.82, 2.24) is 10.2 Å². The molecule has 1 N–H and O–H groups in total. The molecule has 1 heterocycles. The molecule has 4 nitrogen and oxygen atoms in total. The number of amides is 1. The van der Waals surface area contributed by atoms with Crippen LogP contribution in [0.2, 0.25) is 0 Å². The van der Waals surface area contributed by atoms with Crippen LogP contribution in [-0.4, -0.2) is 30.5 Å². The van der Waals surface area contributed by atoms with Gasteiger partial charge in [0.15, 0.2) is 0 Å². The zero-order valence-electron chi connectivity index (χ0n) is 14.1. The van der Waals surface area contributed by atoms with Gasteiger partial charge in [-0.05, 0) is 18.2 Å². The van der Waals surface area contributed by atoms with E-state index in [1.807, 2.05) is 42.5 Å². The smallest absolute Gasteiger partial charge is 0.234 e. The maximum Gasteiger partial charge on any atom is 0.234 e. The summed E-state index contributed by atoms with van der Waals surface area (Å²) >= 11 is 0. The minimum absolute atomic E-state index is 0.0397. The highest BCUT2D eigenvalue weighted by atomic mass is 16.5. The predicted molar refractivity (Wildman–Crippen MR) is 94.8 cm³/mol. The maximum absolute atomic E-state index is 12.5. The monoisotopic (exact) mass is 324 g/mol. The first-order valence-electron chi connectivity index (χ1n) is 8.53. The van der Waals surface area contributed by atoms with Crippen LogP contribution in [0.25, 0.3) is 0 Å². The Morgan fingerprint density at radius 2 is 1.92 bits per heavy atom. The van der Waals surface area contributed by atoms with E-state index in [4.69, 9.17) is 4.74 Å². The van der Waals surface area contributed by atoms with E-state index in [0.29, 0.717) is 13.2 Å². The molecule has 0 bridgehead atoms. The van der Waals surface area contributed by atoms with Crippen LogP contribution < -0.4 is 10.1 Å². The van der Waals surface area contributed by atoms with Gasteiger partial charge in [0.1, 0.15) is 5.75 Å². The molecule has 4 heteroatoms. The quantitative estimate of drug-likeness (QED) is 0.887. The van der Waals surface area contributed by atoms with Gasteiger partial charge in [-0.1, -0.05) is 55.5 Å². The summed E-state index contributed by atoms with van der Waals surface area (Å²) in [5.41, 5.74) is 2.30. The summed E-state index contributed by atoms with van der Waals surface area (Å²) < 4.78 is 5.65. The van der Waals surface area contributed by atoms with E-state index in [0.717, 1.165) is 30.8 Å². The number of nitrogens with one attached hydrogen (secondary N) is 1. The van der Waals surface area contributed by atoms with E-state index in [-0.39, 0.29) is 11.9 Å². The van der Waals surface area contributed by atoms with Gasteiger partial charge in [0.25, 0.3) is 0 Å². The molecule has 0 spiro atoms. The van der Waals surface area contributed by atoms with Crippen molar-refractivity contribution in [2.75, 3.05) is 19.7 Å². The number of para-hydroxylation sites is 1. The Kier molecular flexibility index (Phi) is 5.49. The molecule has 1 atom stereocenters. The summed E-state index contributed by atoms with van der Waals surface area (Å²) in [5.74, 6) is 0.945. The summed E-state index contributed by atoms with van der Waals surface area (Å²) in [4.78, 5) is 14.6. The van der Waals surface area contributed by atoms with Crippen molar-refractivity contribution >= 4 is 5.91 Å². The molecule has 24 heavy (non-hydrogen) atoms. The second-order valence-electron chi connectivity index (χ2n) is 6.08. The molecule has 1 unspecified atom stereocenters. The number of fused-ring (bicyclic) bond motifs is 1. The predicted octanol–water partition coefficient (Wildman–Crippen LogP) is 3.15. The van der Waals surface area contributed by atoms with Crippen molar-refractivity contribution in [3.8, 4) is 5.75 Å². The Balaban J connectivity index is 1.59. The van der Waals surface area contributed by atoms with Gasteiger partial charge in [-0.25, -0.2) is 0 Å². The Bertz CT molecular complexity index is 672. The van der Waals surface area contributed by atoms with Crippen LogP contribution >= 0.6 is 0 Å². The fraction of sp³-hybridized carbons (Fsp3) is 0.350. The van der Waals surface area contributed by atoms with Crippen molar-refractivity contribution in [3.63, 3.8) is 0 Å². The third kappa shape index (κ3) is 4.15. The second kappa shape index (κ2) is 7.97. The Morgan fingerprint density at radius 3 is 2.71 bits per heavy atom. The molecule has 0 saturated heterocycles. The minimum atomic E-state index is 0.0397. The summed E-state index contributed by atoms with van der Waals surface area (Å²) in [6, 6.07) is 18.2. The number of carbonyl (C=O) groups is 1. The number of benzene rings is 2. The first kappa shape index (κ1) is 16.5. The van der Waals surface area contributed by atoms with E-state index in [9.17, 15) is 4.79 Å². The highest BCUT2D eigenvalue weighted by Gasteiger charge is 2.23. The molecular formula is C20H24N2O2. The SMILES string of the molecule is CCN(CC(=O)NC1CCOc2ccccc21)Cc1ccccc1. The van der Waals surface area contributed by atoms with Crippen LogP contribution in [0.5, 0.6) is 5.75 Å². The molecule has 2 aromatic rings. The van der Waals surface area contributed by atoms with Gasteiger partial charge >= 0.3 is 0 Å². The number of rotatable bonds is 6. The van der Waals surface area contributed by atoms with Crippen LogP contribution in [0.1, 0.15) is 30.5 Å². The molecule has 126 valence electrons. The first-order chi connectivity index (χ1) is 11.8. The van der Waals surface area contributed by atoms with Crippen molar-refractivity contribution < 1.29 is 9.53 Å². The van der Waals surface area contributed by atoms with Crippen LogP contribution in [0, 0.1) is 0 Å². The summed E-state index contributed by atoms with van der Waals surface area (Å²) in [6.45, 7) is 4.76. The lowest BCUT2D eigenvalue weighted by Gasteiger charge is -2.28. The molecule has 3 rings (SSSR count). The van der Waals surface area contributed by atoms with E-state index < -0.39 is 0 Å². The zero-order valence-corrected chi connectivity index (χ0v) is 14.1. The van der Waals surface area contributed by atoms with Crippen molar-refractivity contribution in [2.45, 2.75) is 25.9 Å². The van der Waals surface area contributed by atoms with E-state index in [2.05, 4.69) is 29.3 Å². The summed E-state index contributed by atoms with van der Waals surface area (Å²) in [5, 5.41) is 3.17. The van der Waals surface area contributed by atoms with E-state index >= 15 is 0 Å². The van der Waals surface area contributed by atoms with Gasteiger partial charge in [0.05, 0.1) is 19.2 Å². The zero-order chi connectivity index (χ0) is 16.8. The van der Waals surface area contributed by atoms with E-state index in [1.54, 1.807) is 0 Å². The lowest BCUT2D eigenvalue weighted by molar-refractivity contribution is -0.123. The molecule has 1 amide bonds. The van der Waals surface area contributed by atoms with Crippen molar-refractivity contribution in [3.05, 3.63) is 65.7 Å². The summed E-state index contributed by atoms with van der Waals surface area (Å²) in [7, 11) is 0. The molecular weight excluding hydrogens is 300 g/mol. The normalized spacial score (nSPS) is 16.3. The third-order valence-electron chi connectivity index (χ3n) is 4.36. The van der Waals surface area contributed by atoms with Gasteiger partial charge in [-0.2, -0.15) is 0 Å². The summed E-state index contributed by atoms with van der Waals surface area (Å²) in [6.07, 6.45) is 0.813. The van der Waals surface area contributed by atoms with Gasteiger partial charge in [0.2, 0.25) is 5.91 Å². The molecule has 1 aliphatic heterocycles. The molecule has 0 aliphatic carbocycles. The molecule has 0 saturated carbocycles. The molecule has 0 radical (unpaired) electrons. The number of hydrogen-bond acceptors (Lipinski definition) is 3. The fourth-order valence-electron chi connectivity index (χ4n) is 3.06. The Morgan fingerprint density at radius 1 is 1.17 bits per heavy atom. The number of likely N-dealkylation sites (N-methyl/N-ethyl adjacent to an activating group) is 1. The van der Waals surface area contributed by atoms with Crippen molar-refractivity contribution in [2.24, 2.45) is 0 Å². The number of carbonyl (C=O) groups excluding carboxylic acids is 1. The van der Waals surface area contributed by atoms with Gasteiger partial charge in [0, 0.05) is 18.5 Å². The van der Waals surface area contributed by atoms with Gasteiger partial charge in [-0.3, -0.25) is 9.69 Å². The van der Waals surface area contributed by atoms with Crippen LogP contribution in [-0.2, 0) is 11.3 Å². The highest BCUT2D eigenvalue weighted by Crippen LogP contribution is 2.31. The third-order valence-corrected chi connectivity index (χ3v) is 4.36. The van der Waals surface area contributed by atoms with Crippen LogP contribution in [0.15, 0.2) is 54.6 Å². The number of hydrogen-bond donors (Lipinski definition) is 1. The van der Waals surface area contributed by atoms with Gasteiger partial charge < -0.3 is 10.1 Å². The number of nitrogens with zero attached hydrogens (tertiary/aromatic N) is 1. The van der Waals surface area contributed by atoms with E-state index in [1.165, 1.54) is 5.56 Å². The molecule has 2 aromatic carbocycles. The average Bonchev–Trinajstić information content (AvgIpc) is 2.62. The van der Waals surface area contributed by atoms with Crippen LogP contribution in [0.3, 0.4) is 0 Å². The standard InChI is InChI=1S/C20H24N2O2/c1-2-22(14-16-8-4-3-5-9-16)15-20(23)21-18-12-13-24-19-11-7-6-10-17(18)19/h3-11,18H,2,12-15H2,1H3,(H,21,23). The lowest BCUT2D eigenvalue weighted by Crippen LogP contribution is -2.39. The first-order valence-corrected chi connectivity index (χ1v) is 8.53. The molecule has 1 aliphatic rings. The van der Waals surface area contributed by atoms with Gasteiger partial charge in [-0.15, -0.1) is 0 Å². The lowest BCUT2D eigenvalue weighted by atomic mass is 10.0.